The monoisotopic (exact) mass is 455 g/mol. The number of rotatable bonds is 22. The fourth-order valence-electron chi connectivity index (χ4n) is 3.54. The van der Waals surface area contributed by atoms with Crippen molar-refractivity contribution in [2.75, 3.05) is 12.3 Å². The number of hydrogen-bond acceptors (Lipinski definition) is 4. The quantitative estimate of drug-likeness (QED) is 0.0893. The van der Waals surface area contributed by atoms with Crippen LogP contribution in [0, 0.1) is 0 Å². The van der Waals surface area contributed by atoms with Crippen LogP contribution in [0.25, 0.3) is 0 Å². The maximum atomic E-state index is 11.5. The van der Waals surface area contributed by atoms with Gasteiger partial charge in [0.25, 0.3) is 10.1 Å². The second-order valence-corrected chi connectivity index (χ2v) is 9.89. The van der Waals surface area contributed by atoms with Gasteiger partial charge in [-0.15, -0.1) is 0 Å². The van der Waals surface area contributed by atoms with E-state index in [1.165, 1.54) is 96.3 Å². The summed E-state index contributed by atoms with van der Waals surface area (Å²) in [6.07, 6.45) is 24.0. The van der Waals surface area contributed by atoms with Gasteiger partial charge in [-0.1, -0.05) is 116 Å². The molecule has 0 fully saturated rings. The number of nitrogens with zero attached hydrogens (tertiary/aromatic N) is 1. The van der Waals surface area contributed by atoms with Crippen LogP contribution in [0.15, 0.2) is 4.99 Å². The third kappa shape index (κ3) is 28.4. The van der Waals surface area contributed by atoms with Crippen molar-refractivity contribution in [3.05, 3.63) is 0 Å². The summed E-state index contributed by atoms with van der Waals surface area (Å²) in [6, 6.07) is 0. The zero-order chi connectivity index (χ0) is 21.6. The predicted octanol–water partition coefficient (Wildman–Crippen LogP) is 3.07. The maximum absolute atomic E-state index is 11.5. The van der Waals surface area contributed by atoms with Crippen LogP contribution in [0.2, 0.25) is 0 Å². The molecular formula is C23H46NNaO4S. The van der Waals surface area contributed by atoms with Crippen LogP contribution in [-0.2, 0) is 10.1 Å². The molecule has 0 radical (unpaired) electrons. The van der Waals surface area contributed by atoms with E-state index in [-0.39, 0.29) is 42.0 Å². The molecule has 0 unspecified atom stereocenters. The van der Waals surface area contributed by atoms with E-state index >= 15 is 0 Å². The van der Waals surface area contributed by atoms with Gasteiger partial charge in [0.2, 0.25) is 0 Å². The molecule has 0 heterocycles. The van der Waals surface area contributed by atoms with E-state index in [9.17, 15) is 13.5 Å². The third-order valence-electron chi connectivity index (χ3n) is 5.38. The average Bonchev–Trinajstić information content (AvgIpc) is 2.66. The Labute approximate surface area is 208 Å². The third-order valence-corrected chi connectivity index (χ3v) is 6.08. The molecule has 0 aliphatic heterocycles. The molecule has 0 rings (SSSR count). The first-order valence-corrected chi connectivity index (χ1v) is 13.7. The molecule has 0 aliphatic rings. The molecule has 30 heavy (non-hydrogen) atoms. The van der Waals surface area contributed by atoms with Crippen molar-refractivity contribution in [1.82, 2.24) is 0 Å². The Bertz CT molecular complexity index is 484. The molecule has 0 aliphatic carbocycles. The number of aliphatic imine (C=N–C) groups is 1. The molecule has 0 aromatic heterocycles. The Hall–Kier alpha value is 0.380. The van der Waals surface area contributed by atoms with Gasteiger partial charge in [-0.2, -0.15) is 8.42 Å². The SMILES string of the molecule is CCCCCCCCCCCCCCCCCCCCC([O-])=NCCS(=O)(=O)O.[Na+]. The Kier molecular flexibility index (Phi) is 26.1. The fourth-order valence-corrected chi connectivity index (χ4v) is 3.86. The molecular weight excluding hydrogens is 409 g/mol. The summed E-state index contributed by atoms with van der Waals surface area (Å²) in [6.45, 7) is 2.13. The van der Waals surface area contributed by atoms with E-state index in [0.29, 0.717) is 6.42 Å². The van der Waals surface area contributed by atoms with Gasteiger partial charge in [0.1, 0.15) is 0 Å². The number of unbranched alkanes of at least 4 members (excludes halogenated alkanes) is 17. The van der Waals surface area contributed by atoms with Crippen molar-refractivity contribution in [2.45, 2.75) is 129 Å². The average molecular weight is 456 g/mol. The molecule has 0 atom stereocenters. The molecule has 0 aromatic carbocycles. The Morgan fingerprint density at radius 3 is 1.37 bits per heavy atom. The van der Waals surface area contributed by atoms with Gasteiger partial charge in [0.05, 0.1) is 12.3 Å². The van der Waals surface area contributed by atoms with E-state index in [4.69, 9.17) is 4.55 Å². The summed E-state index contributed by atoms with van der Waals surface area (Å²) >= 11 is 0. The van der Waals surface area contributed by atoms with Crippen LogP contribution in [0.5, 0.6) is 0 Å². The molecule has 0 saturated carbocycles. The van der Waals surface area contributed by atoms with Crippen molar-refractivity contribution in [3.63, 3.8) is 0 Å². The Morgan fingerprint density at radius 1 is 0.700 bits per heavy atom. The van der Waals surface area contributed by atoms with Gasteiger partial charge >= 0.3 is 29.6 Å². The number of hydrogen-bond donors (Lipinski definition) is 1. The minimum Gasteiger partial charge on any atom is -0.862 e. The standard InChI is InChI=1S/C23H47NO4S.Na/c1-2-3-4-5-6-7-8-9-10-11-12-13-14-15-16-17-18-19-20-23(25)24-21-22-29(26,27)28;/h2-22H2,1H3,(H,24,25)(H,26,27,28);/q;+1/p-1. The molecule has 5 nitrogen and oxygen atoms in total. The normalized spacial score (nSPS) is 12.1. The molecule has 0 spiro atoms. The summed E-state index contributed by atoms with van der Waals surface area (Å²) in [5.74, 6) is -0.733. The Morgan fingerprint density at radius 2 is 1.03 bits per heavy atom. The first-order chi connectivity index (χ1) is 14.0. The van der Waals surface area contributed by atoms with Gasteiger partial charge in [-0.25, -0.2) is 0 Å². The summed E-state index contributed by atoms with van der Waals surface area (Å²) < 4.78 is 29.6. The van der Waals surface area contributed by atoms with Crippen LogP contribution >= 0.6 is 0 Å². The van der Waals surface area contributed by atoms with Crippen LogP contribution < -0.4 is 34.7 Å². The predicted molar refractivity (Wildman–Crippen MR) is 122 cm³/mol. The van der Waals surface area contributed by atoms with E-state index in [0.717, 1.165) is 19.3 Å². The molecule has 0 bridgehead atoms. The summed E-state index contributed by atoms with van der Waals surface area (Å²) in [4.78, 5) is 3.65. The molecule has 1 N–H and O–H groups in total. The van der Waals surface area contributed by atoms with Crippen molar-refractivity contribution >= 4 is 16.0 Å². The van der Waals surface area contributed by atoms with Crippen molar-refractivity contribution in [1.29, 1.82) is 0 Å². The van der Waals surface area contributed by atoms with Crippen molar-refractivity contribution in [3.8, 4) is 0 Å². The molecule has 174 valence electrons. The fraction of sp³-hybridized carbons (Fsp3) is 0.957. The van der Waals surface area contributed by atoms with Gasteiger partial charge in [-0.05, 0) is 18.7 Å². The van der Waals surface area contributed by atoms with Crippen molar-refractivity contribution < 1.29 is 47.6 Å². The Balaban J connectivity index is 0. The largest absolute Gasteiger partial charge is 1.00 e. The first kappa shape index (κ1) is 32.6. The van der Waals surface area contributed by atoms with E-state index in [2.05, 4.69) is 11.9 Å². The smallest absolute Gasteiger partial charge is 0.862 e. The van der Waals surface area contributed by atoms with E-state index in [1.54, 1.807) is 0 Å². The minimum atomic E-state index is -4.02. The maximum Gasteiger partial charge on any atom is 1.00 e. The van der Waals surface area contributed by atoms with E-state index in [1.807, 2.05) is 0 Å². The van der Waals surface area contributed by atoms with Gasteiger partial charge in [-0.3, -0.25) is 4.55 Å². The zero-order valence-electron chi connectivity index (χ0n) is 19.9. The first-order valence-electron chi connectivity index (χ1n) is 12.1. The zero-order valence-corrected chi connectivity index (χ0v) is 22.7. The molecule has 7 heteroatoms. The second-order valence-electron chi connectivity index (χ2n) is 8.32. The topological polar surface area (TPSA) is 89.8 Å². The van der Waals surface area contributed by atoms with Crippen LogP contribution in [0.1, 0.15) is 129 Å². The summed E-state index contributed by atoms with van der Waals surface area (Å²) in [7, 11) is -4.02. The minimum absolute atomic E-state index is 0. The summed E-state index contributed by atoms with van der Waals surface area (Å²) in [5, 5.41) is 11.5. The van der Waals surface area contributed by atoms with Gasteiger partial charge in [0, 0.05) is 0 Å². The molecule has 0 aromatic rings. The second kappa shape index (κ2) is 24.0. The van der Waals surface area contributed by atoms with Gasteiger partial charge < -0.3 is 10.1 Å². The van der Waals surface area contributed by atoms with Crippen LogP contribution in [0.4, 0.5) is 0 Å². The van der Waals surface area contributed by atoms with Crippen LogP contribution in [-0.4, -0.2) is 31.2 Å². The molecule has 0 amide bonds. The van der Waals surface area contributed by atoms with Crippen molar-refractivity contribution in [2.24, 2.45) is 4.99 Å². The van der Waals surface area contributed by atoms with Gasteiger partial charge in [0.15, 0.2) is 0 Å². The van der Waals surface area contributed by atoms with E-state index < -0.39 is 15.9 Å². The molecule has 0 saturated heterocycles. The summed E-state index contributed by atoms with van der Waals surface area (Å²) in [5.41, 5.74) is 0. The van der Waals surface area contributed by atoms with Crippen LogP contribution in [0.3, 0.4) is 0 Å².